The van der Waals surface area contributed by atoms with Crippen LogP contribution in [0.3, 0.4) is 0 Å². The van der Waals surface area contributed by atoms with Gasteiger partial charge >= 0.3 is 0 Å². The largest absolute Gasteiger partial charge is 0.311 e. The Kier molecular flexibility index (Phi) is 2.42. The van der Waals surface area contributed by atoms with Crippen molar-refractivity contribution in [2.24, 2.45) is 5.92 Å². The van der Waals surface area contributed by atoms with Gasteiger partial charge in [-0.15, -0.1) is 0 Å². The van der Waals surface area contributed by atoms with Crippen LogP contribution in [0.4, 0.5) is 11.4 Å². The third kappa shape index (κ3) is 1.89. The highest BCUT2D eigenvalue weighted by Gasteiger charge is 2.43. The zero-order valence-electron chi connectivity index (χ0n) is 11.0. The Morgan fingerprint density at radius 2 is 2.11 bits per heavy atom. The number of nitro benzene ring substituents is 1. The van der Waals surface area contributed by atoms with Gasteiger partial charge in [0, 0.05) is 35.7 Å². The molecule has 1 saturated carbocycles. The predicted molar refractivity (Wildman–Crippen MR) is 71.2 cm³/mol. The molecule has 0 unspecified atom stereocenters. The fraction of sp³-hybridized carbons (Fsp3) is 0.500. The second-order valence-corrected chi connectivity index (χ2v) is 6.04. The van der Waals surface area contributed by atoms with Gasteiger partial charge in [0.1, 0.15) is 0 Å². The smallest absolute Gasteiger partial charge is 0.269 e. The number of carbonyl (C=O) groups is 1. The number of benzene rings is 1. The zero-order chi connectivity index (χ0) is 13.8. The Bertz CT molecular complexity index is 576. The summed E-state index contributed by atoms with van der Waals surface area (Å²) in [4.78, 5) is 24.6. The maximum absolute atomic E-state index is 12.3. The Balaban J connectivity index is 2.04. The number of hydrogen-bond acceptors (Lipinski definition) is 3. The molecule has 0 radical (unpaired) electrons. The standard InChI is InChI=1S/C14H16N2O3/c1-14(2)8-15(13(17)9-3-4-9)12-6-5-10(16(18)19)7-11(12)14/h5-7,9H,3-4,8H2,1-2H3. The first-order valence-corrected chi connectivity index (χ1v) is 6.50. The van der Waals surface area contributed by atoms with Crippen LogP contribution >= 0.6 is 0 Å². The minimum Gasteiger partial charge on any atom is -0.311 e. The Labute approximate surface area is 111 Å². The van der Waals surface area contributed by atoms with E-state index in [-0.39, 0.29) is 27.9 Å². The lowest BCUT2D eigenvalue weighted by Gasteiger charge is -2.20. The Hall–Kier alpha value is -1.91. The number of carbonyl (C=O) groups excluding carboxylic acids is 1. The fourth-order valence-electron chi connectivity index (χ4n) is 2.73. The molecule has 19 heavy (non-hydrogen) atoms. The lowest BCUT2D eigenvalue weighted by Crippen LogP contribution is -2.34. The maximum Gasteiger partial charge on any atom is 0.269 e. The molecule has 1 fully saturated rings. The molecule has 1 aliphatic heterocycles. The summed E-state index contributed by atoms with van der Waals surface area (Å²) in [6.45, 7) is 4.66. The van der Waals surface area contributed by atoms with Gasteiger partial charge in [-0.3, -0.25) is 14.9 Å². The van der Waals surface area contributed by atoms with Crippen LogP contribution in [0.25, 0.3) is 0 Å². The SMILES string of the molecule is CC1(C)CN(C(=O)C2CC2)c2ccc([N+](=O)[O-])cc21. The van der Waals surface area contributed by atoms with E-state index in [2.05, 4.69) is 0 Å². The van der Waals surface area contributed by atoms with Gasteiger partial charge in [0.15, 0.2) is 0 Å². The maximum atomic E-state index is 12.3. The van der Waals surface area contributed by atoms with Crippen molar-refractivity contribution < 1.29 is 9.72 Å². The summed E-state index contributed by atoms with van der Waals surface area (Å²) in [5, 5.41) is 10.9. The number of nitro groups is 1. The average molecular weight is 260 g/mol. The molecular formula is C14H16N2O3. The van der Waals surface area contributed by atoms with Gasteiger partial charge in [-0.1, -0.05) is 13.8 Å². The van der Waals surface area contributed by atoms with Gasteiger partial charge in [0.2, 0.25) is 5.91 Å². The molecule has 0 N–H and O–H groups in total. The molecule has 0 atom stereocenters. The summed E-state index contributed by atoms with van der Waals surface area (Å²) in [5.41, 5.74) is 1.60. The number of amides is 1. The molecule has 1 aromatic carbocycles. The molecule has 2 aliphatic rings. The van der Waals surface area contributed by atoms with Crippen LogP contribution in [0, 0.1) is 16.0 Å². The quantitative estimate of drug-likeness (QED) is 0.606. The Morgan fingerprint density at radius 3 is 2.68 bits per heavy atom. The second-order valence-electron chi connectivity index (χ2n) is 6.04. The number of rotatable bonds is 2. The monoisotopic (exact) mass is 260 g/mol. The number of fused-ring (bicyclic) bond motifs is 1. The summed E-state index contributed by atoms with van der Waals surface area (Å²) in [6.07, 6.45) is 1.94. The van der Waals surface area contributed by atoms with Gasteiger partial charge in [0.25, 0.3) is 5.69 Å². The molecule has 0 bridgehead atoms. The van der Waals surface area contributed by atoms with Crippen molar-refractivity contribution in [3.05, 3.63) is 33.9 Å². The highest BCUT2D eigenvalue weighted by Crippen LogP contribution is 2.44. The average Bonchev–Trinajstić information content (AvgIpc) is 3.15. The van der Waals surface area contributed by atoms with Crippen molar-refractivity contribution in [3.63, 3.8) is 0 Å². The van der Waals surface area contributed by atoms with Gasteiger partial charge in [-0.25, -0.2) is 0 Å². The van der Waals surface area contributed by atoms with Gasteiger partial charge in [-0.2, -0.15) is 0 Å². The number of anilines is 1. The lowest BCUT2D eigenvalue weighted by atomic mass is 9.87. The highest BCUT2D eigenvalue weighted by molar-refractivity contribution is 5.99. The van der Waals surface area contributed by atoms with Crippen molar-refractivity contribution in [2.75, 3.05) is 11.4 Å². The fourth-order valence-corrected chi connectivity index (χ4v) is 2.73. The van der Waals surface area contributed by atoms with Crippen LogP contribution in [0.5, 0.6) is 0 Å². The third-order valence-electron chi connectivity index (χ3n) is 3.96. The van der Waals surface area contributed by atoms with Crippen molar-refractivity contribution in [1.82, 2.24) is 0 Å². The molecule has 0 saturated heterocycles. The molecule has 5 nitrogen and oxygen atoms in total. The molecule has 0 spiro atoms. The second kappa shape index (κ2) is 3.79. The van der Waals surface area contributed by atoms with Crippen LogP contribution in [0.15, 0.2) is 18.2 Å². The van der Waals surface area contributed by atoms with E-state index in [1.54, 1.807) is 17.0 Å². The number of hydrogen-bond donors (Lipinski definition) is 0. The summed E-state index contributed by atoms with van der Waals surface area (Å²) in [6, 6.07) is 4.80. The van der Waals surface area contributed by atoms with Crippen LogP contribution < -0.4 is 4.90 Å². The molecule has 1 amide bonds. The molecule has 1 aromatic rings. The minimum atomic E-state index is -0.387. The lowest BCUT2D eigenvalue weighted by molar-refractivity contribution is -0.384. The van der Waals surface area contributed by atoms with Crippen molar-refractivity contribution in [3.8, 4) is 0 Å². The summed E-state index contributed by atoms with van der Waals surface area (Å²) < 4.78 is 0. The van der Waals surface area contributed by atoms with Gasteiger partial charge in [0.05, 0.1) is 4.92 Å². The molecule has 1 heterocycles. The van der Waals surface area contributed by atoms with E-state index in [0.717, 1.165) is 24.1 Å². The molecule has 1 aliphatic carbocycles. The molecule has 100 valence electrons. The zero-order valence-corrected chi connectivity index (χ0v) is 11.0. The third-order valence-corrected chi connectivity index (χ3v) is 3.96. The normalized spacial score (nSPS) is 20.2. The van der Waals surface area contributed by atoms with Crippen LogP contribution in [0.1, 0.15) is 32.3 Å². The van der Waals surface area contributed by atoms with Crippen LogP contribution in [-0.4, -0.2) is 17.4 Å². The number of non-ortho nitro benzene ring substituents is 1. The van der Waals surface area contributed by atoms with Crippen molar-refractivity contribution in [2.45, 2.75) is 32.1 Å². The van der Waals surface area contributed by atoms with Gasteiger partial charge < -0.3 is 4.90 Å². The molecule has 3 rings (SSSR count). The topological polar surface area (TPSA) is 63.5 Å². The van der Waals surface area contributed by atoms with Crippen LogP contribution in [-0.2, 0) is 10.2 Å². The summed E-state index contributed by atoms with van der Waals surface area (Å²) in [5.74, 6) is 0.331. The summed E-state index contributed by atoms with van der Waals surface area (Å²) in [7, 11) is 0. The van der Waals surface area contributed by atoms with Crippen molar-refractivity contribution >= 4 is 17.3 Å². The number of nitrogens with zero attached hydrogens (tertiary/aromatic N) is 2. The molecule has 0 aromatic heterocycles. The van der Waals surface area contributed by atoms with Crippen molar-refractivity contribution in [1.29, 1.82) is 0 Å². The Morgan fingerprint density at radius 1 is 1.42 bits per heavy atom. The van der Waals surface area contributed by atoms with E-state index in [0.29, 0.717) is 6.54 Å². The van der Waals surface area contributed by atoms with Gasteiger partial charge in [-0.05, 0) is 24.5 Å². The van der Waals surface area contributed by atoms with E-state index in [1.807, 2.05) is 13.8 Å². The first-order valence-electron chi connectivity index (χ1n) is 6.50. The van der Waals surface area contributed by atoms with E-state index in [1.165, 1.54) is 6.07 Å². The first-order chi connectivity index (χ1) is 8.90. The first kappa shape index (κ1) is 12.1. The molecular weight excluding hydrogens is 244 g/mol. The molecule has 5 heteroatoms. The minimum absolute atomic E-state index is 0.0903. The predicted octanol–water partition coefficient (Wildman–Crippen LogP) is 2.63. The highest BCUT2D eigenvalue weighted by atomic mass is 16.6. The van der Waals surface area contributed by atoms with Crippen LogP contribution in [0.2, 0.25) is 0 Å². The van der Waals surface area contributed by atoms with E-state index < -0.39 is 0 Å². The van der Waals surface area contributed by atoms with E-state index in [4.69, 9.17) is 0 Å². The summed E-state index contributed by atoms with van der Waals surface area (Å²) >= 11 is 0. The van der Waals surface area contributed by atoms with E-state index in [9.17, 15) is 14.9 Å². The van der Waals surface area contributed by atoms with E-state index >= 15 is 0 Å².